The summed E-state index contributed by atoms with van der Waals surface area (Å²) in [6.45, 7) is 2.34. The van der Waals surface area contributed by atoms with Crippen LogP contribution >= 0.6 is 0 Å². The molecule has 3 aliphatic carbocycles. The molecule has 1 aromatic rings. The van der Waals surface area contributed by atoms with Gasteiger partial charge in [-0.3, -0.25) is 0 Å². The molecule has 0 bridgehead atoms. The van der Waals surface area contributed by atoms with Crippen LogP contribution in [0.5, 0.6) is 0 Å². The Morgan fingerprint density at radius 1 is 0.964 bits per heavy atom. The van der Waals surface area contributed by atoms with Crippen LogP contribution in [0.15, 0.2) is 15.0 Å². The lowest BCUT2D eigenvalue weighted by Crippen LogP contribution is -2.23. The number of hydrogen-bond acceptors (Lipinski definition) is 5. The molecule has 1 fully saturated rings. The van der Waals surface area contributed by atoms with Gasteiger partial charge in [0.15, 0.2) is 6.61 Å². The summed E-state index contributed by atoms with van der Waals surface area (Å²) < 4.78 is 16.9. The van der Waals surface area contributed by atoms with E-state index < -0.39 is 0 Å². The summed E-state index contributed by atoms with van der Waals surface area (Å²) in [5, 5.41) is 0. The maximum atomic E-state index is 12.4. The smallest absolute Gasteiger partial charge is 0.344 e. The van der Waals surface area contributed by atoms with E-state index in [-0.39, 0.29) is 18.2 Å². The highest BCUT2D eigenvalue weighted by atomic mass is 16.6. The van der Waals surface area contributed by atoms with Gasteiger partial charge < -0.3 is 13.9 Å². The monoisotopic (exact) mass is 386 g/mol. The van der Waals surface area contributed by atoms with Crippen LogP contribution in [-0.2, 0) is 33.5 Å². The minimum absolute atomic E-state index is 0.0795. The molecular formula is C23H30O5. The first-order valence-electron chi connectivity index (χ1n) is 10.8. The van der Waals surface area contributed by atoms with Crippen molar-refractivity contribution in [3.8, 4) is 0 Å². The standard InChI is InChI=1S/C23H30O5/c1-15-20(26-14-21(24)27-13-16-7-3-2-4-8-16)12-11-18-17-9-5-6-10-19(17)23(25)28-22(15)18/h16H,2-14H2,1H3. The second-order valence-electron chi connectivity index (χ2n) is 8.39. The fraction of sp³-hybridized carbons (Fsp3) is 0.652. The Morgan fingerprint density at radius 3 is 2.50 bits per heavy atom. The third kappa shape index (κ3) is 4.03. The summed E-state index contributed by atoms with van der Waals surface area (Å²) in [6, 6.07) is 0. The normalized spacial score (nSPS) is 19.8. The predicted octanol–water partition coefficient (Wildman–Crippen LogP) is 4.34. The Hall–Kier alpha value is -2.04. The third-order valence-corrected chi connectivity index (χ3v) is 6.48. The summed E-state index contributed by atoms with van der Waals surface area (Å²) in [7, 11) is 0. The van der Waals surface area contributed by atoms with E-state index in [1.54, 1.807) is 0 Å². The van der Waals surface area contributed by atoms with Crippen molar-refractivity contribution in [2.45, 2.75) is 77.6 Å². The second-order valence-corrected chi connectivity index (χ2v) is 8.39. The van der Waals surface area contributed by atoms with E-state index in [2.05, 4.69) is 0 Å². The molecule has 152 valence electrons. The quantitative estimate of drug-likeness (QED) is 0.705. The molecule has 0 radical (unpaired) electrons. The fourth-order valence-corrected chi connectivity index (χ4v) is 4.87. The average Bonchev–Trinajstić information content (AvgIpc) is 2.73. The summed E-state index contributed by atoms with van der Waals surface area (Å²) in [5.41, 5.74) is 3.86. The van der Waals surface area contributed by atoms with Crippen molar-refractivity contribution < 1.29 is 18.7 Å². The van der Waals surface area contributed by atoms with Gasteiger partial charge in [-0.1, -0.05) is 19.3 Å². The minimum Gasteiger partial charge on any atom is -0.486 e. The van der Waals surface area contributed by atoms with Crippen LogP contribution in [0.4, 0.5) is 0 Å². The maximum absolute atomic E-state index is 12.4. The van der Waals surface area contributed by atoms with Crippen LogP contribution in [-0.4, -0.2) is 19.2 Å². The topological polar surface area (TPSA) is 65.7 Å². The highest BCUT2D eigenvalue weighted by Gasteiger charge is 2.27. The minimum atomic E-state index is -0.316. The Morgan fingerprint density at radius 2 is 1.71 bits per heavy atom. The van der Waals surface area contributed by atoms with Crippen LogP contribution in [0.3, 0.4) is 0 Å². The second kappa shape index (κ2) is 8.54. The Bertz CT molecular complexity index is 826. The van der Waals surface area contributed by atoms with Crippen molar-refractivity contribution in [2.24, 2.45) is 5.92 Å². The lowest BCUT2D eigenvalue weighted by Gasteiger charge is -2.25. The molecule has 0 aromatic carbocycles. The Kier molecular flexibility index (Phi) is 5.88. The average molecular weight is 386 g/mol. The van der Waals surface area contributed by atoms with Crippen molar-refractivity contribution in [3.05, 3.63) is 38.6 Å². The zero-order chi connectivity index (χ0) is 19.5. The summed E-state index contributed by atoms with van der Waals surface area (Å²) in [6.07, 6.45) is 11.6. The van der Waals surface area contributed by atoms with Gasteiger partial charge in [-0.05, 0) is 68.9 Å². The van der Waals surface area contributed by atoms with Crippen molar-refractivity contribution in [1.29, 1.82) is 0 Å². The molecule has 0 atom stereocenters. The number of ether oxygens (including phenoxy) is 2. The van der Waals surface area contributed by atoms with E-state index in [4.69, 9.17) is 13.9 Å². The molecule has 28 heavy (non-hydrogen) atoms. The molecule has 0 N–H and O–H groups in total. The Labute approximate surface area is 166 Å². The first-order chi connectivity index (χ1) is 13.6. The van der Waals surface area contributed by atoms with Gasteiger partial charge in [-0.2, -0.15) is 0 Å². The zero-order valence-corrected chi connectivity index (χ0v) is 16.8. The molecule has 1 saturated carbocycles. The fourth-order valence-electron chi connectivity index (χ4n) is 4.87. The lowest BCUT2D eigenvalue weighted by atomic mass is 9.84. The number of allylic oxidation sites excluding steroid dienone is 2. The van der Waals surface area contributed by atoms with Crippen molar-refractivity contribution in [3.63, 3.8) is 0 Å². The SMILES string of the molecule is CC1=C(OCC(=O)OCC2CCCCC2)CCc2c1oc(=O)c1c2CCCC1. The van der Waals surface area contributed by atoms with E-state index in [9.17, 15) is 9.59 Å². The number of hydrogen-bond donors (Lipinski definition) is 0. The van der Waals surface area contributed by atoms with Crippen LogP contribution in [0.1, 0.15) is 80.7 Å². The van der Waals surface area contributed by atoms with E-state index >= 15 is 0 Å². The van der Waals surface area contributed by atoms with Crippen LogP contribution < -0.4 is 5.63 Å². The number of fused-ring (bicyclic) bond motifs is 3. The number of carbonyl (C=O) groups is 1. The lowest BCUT2D eigenvalue weighted by molar-refractivity contribution is -0.149. The van der Waals surface area contributed by atoms with Crippen LogP contribution in [0.25, 0.3) is 5.57 Å². The van der Waals surface area contributed by atoms with Crippen LogP contribution in [0.2, 0.25) is 0 Å². The maximum Gasteiger partial charge on any atom is 0.344 e. The third-order valence-electron chi connectivity index (χ3n) is 6.48. The van der Waals surface area contributed by atoms with E-state index in [1.807, 2.05) is 6.92 Å². The van der Waals surface area contributed by atoms with Gasteiger partial charge in [-0.25, -0.2) is 9.59 Å². The molecule has 4 rings (SSSR count). The molecule has 0 aliphatic heterocycles. The summed E-state index contributed by atoms with van der Waals surface area (Å²) in [4.78, 5) is 24.5. The van der Waals surface area contributed by atoms with Gasteiger partial charge in [0.25, 0.3) is 0 Å². The van der Waals surface area contributed by atoms with E-state index in [1.165, 1.54) is 30.4 Å². The molecule has 1 aromatic heterocycles. The molecule has 0 unspecified atom stereocenters. The Balaban J connectivity index is 1.40. The highest BCUT2D eigenvalue weighted by molar-refractivity contribution is 5.72. The van der Waals surface area contributed by atoms with Crippen molar-refractivity contribution in [1.82, 2.24) is 0 Å². The van der Waals surface area contributed by atoms with Gasteiger partial charge in [0, 0.05) is 17.6 Å². The first-order valence-corrected chi connectivity index (χ1v) is 10.8. The summed E-state index contributed by atoms with van der Waals surface area (Å²) >= 11 is 0. The predicted molar refractivity (Wildman–Crippen MR) is 106 cm³/mol. The molecule has 0 amide bonds. The van der Waals surface area contributed by atoms with Gasteiger partial charge in [0.05, 0.1) is 6.61 Å². The largest absolute Gasteiger partial charge is 0.486 e. The van der Waals surface area contributed by atoms with Gasteiger partial charge >= 0.3 is 11.6 Å². The van der Waals surface area contributed by atoms with Gasteiger partial charge in [-0.15, -0.1) is 0 Å². The molecule has 0 saturated heterocycles. The molecule has 0 spiro atoms. The van der Waals surface area contributed by atoms with Crippen LogP contribution in [0, 0.1) is 5.92 Å². The first kappa shape index (κ1) is 19.3. The molecule has 1 heterocycles. The molecule has 5 nitrogen and oxygen atoms in total. The zero-order valence-electron chi connectivity index (χ0n) is 16.8. The number of rotatable bonds is 5. The number of esters is 1. The van der Waals surface area contributed by atoms with Crippen molar-refractivity contribution >= 4 is 11.5 Å². The highest BCUT2D eigenvalue weighted by Crippen LogP contribution is 2.35. The molecule has 3 aliphatic rings. The van der Waals surface area contributed by atoms with E-state index in [0.29, 0.717) is 18.3 Å². The summed E-state index contributed by atoms with van der Waals surface area (Å²) in [5.74, 6) is 1.58. The van der Waals surface area contributed by atoms with Crippen molar-refractivity contribution in [2.75, 3.05) is 13.2 Å². The number of carbonyl (C=O) groups excluding carboxylic acids is 1. The molecule has 5 heteroatoms. The van der Waals surface area contributed by atoms with Gasteiger partial charge in [0.1, 0.15) is 11.5 Å². The van der Waals surface area contributed by atoms with Gasteiger partial charge in [0.2, 0.25) is 0 Å². The van der Waals surface area contributed by atoms with E-state index in [0.717, 1.165) is 68.3 Å². The molecular weight excluding hydrogens is 356 g/mol.